The third kappa shape index (κ3) is 2.17. The van der Waals surface area contributed by atoms with E-state index >= 15 is 0 Å². The fourth-order valence-electron chi connectivity index (χ4n) is 2.90. The maximum atomic E-state index is 4.64. The third-order valence-electron chi connectivity index (χ3n) is 3.94. The second-order valence-corrected chi connectivity index (χ2v) is 5.29. The highest BCUT2D eigenvalue weighted by Crippen LogP contribution is 2.32. The first-order valence-electron chi connectivity index (χ1n) is 7.42. The Labute approximate surface area is 129 Å². The summed E-state index contributed by atoms with van der Waals surface area (Å²) in [5, 5.41) is 1.19. The van der Waals surface area contributed by atoms with Crippen LogP contribution in [0.15, 0.2) is 91.1 Å². The van der Waals surface area contributed by atoms with Gasteiger partial charge in [0.15, 0.2) is 0 Å². The van der Waals surface area contributed by atoms with Gasteiger partial charge in [0.2, 0.25) is 0 Å². The molecule has 0 atom stereocenters. The lowest BCUT2D eigenvalue weighted by Crippen LogP contribution is -1.87. The second-order valence-electron chi connectivity index (χ2n) is 5.29. The zero-order valence-electron chi connectivity index (χ0n) is 12.1. The van der Waals surface area contributed by atoms with Crippen LogP contribution in [0, 0.1) is 0 Å². The molecule has 0 radical (unpaired) electrons. The van der Waals surface area contributed by atoms with Crippen LogP contribution in [0.2, 0.25) is 0 Å². The van der Waals surface area contributed by atoms with E-state index in [-0.39, 0.29) is 0 Å². The first-order valence-corrected chi connectivity index (χ1v) is 7.42. The lowest BCUT2D eigenvalue weighted by molar-refractivity contribution is 1.41. The highest BCUT2D eigenvalue weighted by atomic mass is 14.7. The summed E-state index contributed by atoms with van der Waals surface area (Å²) in [5.74, 6) is 0. The molecule has 0 bridgehead atoms. The molecule has 0 saturated carbocycles. The molecule has 0 aliphatic rings. The van der Waals surface area contributed by atoms with E-state index in [1.165, 1.54) is 27.6 Å². The van der Waals surface area contributed by atoms with Crippen molar-refractivity contribution in [3.63, 3.8) is 0 Å². The van der Waals surface area contributed by atoms with Crippen LogP contribution in [0.25, 0.3) is 33.2 Å². The topological polar surface area (TPSA) is 12.9 Å². The summed E-state index contributed by atoms with van der Waals surface area (Å²) in [5.41, 5.74) is 5.88. The van der Waals surface area contributed by atoms with E-state index in [1.54, 1.807) is 0 Å². The monoisotopic (exact) mass is 281 g/mol. The van der Waals surface area contributed by atoms with Crippen molar-refractivity contribution >= 4 is 10.9 Å². The summed E-state index contributed by atoms with van der Waals surface area (Å²) in [6.07, 6.45) is 1.90. The lowest BCUT2D eigenvalue weighted by Gasteiger charge is -2.10. The number of aromatic nitrogens is 1. The van der Waals surface area contributed by atoms with Crippen LogP contribution >= 0.6 is 0 Å². The summed E-state index contributed by atoms with van der Waals surface area (Å²) >= 11 is 0. The molecule has 0 aliphatic carbocycles. The van der Waals surface area contributed by atoms with Crippen LogP contribution in [0.5, 0.6) is 0 Å². The SMILES string of the molecule is c1ccc(-c2ccnc3c(-c4ccccc4)cccc23)cc1. The highest BCUT2D eigenvalue weighted by molar-refractivity contribution is 6.01. The van der Waals surface area contributed by atoms with E-state index in [0.29, 0.717) is 0 Å². The zero-order valence-corrected chi connectivity index (χ0v) is 12.1. The first-order chi connectivity index (χ1) is 10.9. The van der Waals surface area contributed by atoms with E-state index in [0.717, 1.165) is 5.52 Å². The molecule has 0 spiro atoms. The van der Waals surface area contributed by atoms with Gasteiger partial charge in [0.25, 0.3) is 0 Å². The van der Waals surface area contributed by atoms with Crippen molar-refractivity contribution in [2.45, 2.75) is 0 Å². The molecule has 0 N–H and O–H groups in total. The minimum atomic E-state index is 1.05. The Morgan fingerprint density at radius 1 is 0.500 bits per heavy atom. The Morgan fingerprint density at radius 3 is 1.82 bits per heavy atom. The van der Waals surface area contributed by atoms with Gasteiger partial charge in [-0.15, -0.1) is 0 Å². The van der Waals surface area contributed by atoms with Gasteiger partial charge in [-0.2, -0.15) is 0 Å². The molecular formula is C21H15N. The second kappa shape index (κ2) is 5.45. The smallest absolute Gasteiger partial charge is 0.0786 e. The molecular weight excluding hydrogens is 266 g/mol. The molecule has 22 heavy (non-hydrogen) atoms. The van der Waals surface area contributed by atoms with Crippen LogP contribution in [-0.4, -0.2) is 4.98 Å². The Kier molecular flexibility index (Phi) is 3.17. The molecule has 1 heteroatoms. The van der Waals surface area contributed by atoms with E-state index in [2.05, 4.69) is 77.8 Å². The van der Waals surface area contributed by atoms with Crippen LogP contribution in [-0.2, 0) is 0 Å². The molecule has 1 aromatic heterocycles. The number of para-hydroxylation sites is 1. The summed E-state index contributed by atoms with van der Waals surface area (Å²) in [7, 11) is 0. The molecule has 0 fully saturated rings. The largest absolute Gasteiger partial charge is 0.256 e. The van der Waals surface area contributed by atoms with Crippen LogP contribution in [0.3, 0.4) is 0 Å². The van der Waals surface area contributed by atoms with Gasteiger partial charge in [0, 0.05) is 17.1 Å². The zero-order chi connectivity index (χ0) is 14.8. The van der Waals surface area contributed by atoms with Crippen molar-refractivity contribution in [2.75, 3.05) is 0 Å². The molecule has 4 rings (SSSR count). The first kappa shape index (κ1) is 12.8. The van der Waals surface area contributed by atoms with Crippen molar-refractivity contribution in [3.05, 3.63) is 91.1 Å². The van der Waals surface area contributed by atoms with Gasteiger partial charge in [0.1, 0.15) is 0 Å². The summed E-state index contributed by atoms with van der Waals surface area (Å²) < 4.78 is 0. The third-order valence-corrected chi connectivity index (χ3v) is 3.94. The van der Waals surface area contributed by atoms with Crippen molar-refractivity contribution in [3.8, 4) is 22.3 Å². The molecule has 0 aliphatic heterocycles. The number of benzene rings is 3. The highest BCUT2D eigenvalue weighted by Gasteiger charge is 2.08. The van der Waals surface area contributed by atoms with Gasteiger partial charge in [-0.05, 0) is 22.8 Å². The Balaban J connectivity index is 2.00. The maximum Gasteiger partial charge on any atom is 0.0786 e. The summed E-state index contributed by atoms with van der Waals surface area (Å²) in [6, 6.07) is 29.4. The molecule has 1 nitrogen and oxygen atoms in total. The van der Waals surface area contributed by atoms with Crippen LogP contribution in [0.4, 0.5) is 0 Å². The minimum absolute atomic E-state index is 1.05. The molecule has 104 valence electrons. The minimum Gasteiger partial charge on any atom is -0.256 e. The van der Waals surface area contributed by atoms with Crippen molar-refractivity contribution in [1.29, 1.82) is 0 Å². The lowest BCUT2D eigenvalue weighted by atomic mass is 9.96. The normalized spacial score (nSPS) is 10.7. The average molecular weight is 281 g/mol. The number of pyridine rings is 1. The fraction of sp³-hybridized carbons (Fsp3) is 0. The maximum absolute atomic E-state index is 4.64. The predicted molar refractivity (Wildman–Crippen MR) is 92.6 cm³/mol. The van der Waals surface area contributed by atoms with Gasteiger partial charge in [-0.1, -0.05) is 78.9 Å². The van der Waals surface area contributed by atoms with Gasteiger partial charge in [-0.25, -0.2) is 0 Å². The number of rotatable bonds is 2. The van der Waals surface area contributed by atoms with E-state index in [9.17, 15) is 0 Å². The molecule has 4 aromatic rings. The van der Waals surface area contributed by atoms with Crippen molar-refractivity contribution in [1.82, 2.24) is 4.98 Å². The Hall–Kier alpha value is -2.93. The van der Waals surface area contributed by atoms with E-state index < -0.39 is 0 Å². The Bertz CT molecular complexity index is 833. The van der Waals surface area contributed by atoms with Gasteiger partial charge in [-0.3, -0.25) is 4.98 Å². The molecule has 0 amide bonds. The van der Waals surface area contributed by atoms with E-state index in [1.807, 2.05) is 18.3 Å². The van der Waals surface area contributed by atoms with Gasteiger partial charge < -0.3 is 0 Å². The van der Waals surface area contributed by atoms with Crippen molar-refractivity contribution < 1.29 is 0 Å². The number of hydrogen-bond acceptors (Lipinski definition) is 1. The summed E-state index contributed by atoms with van der Waals surface area (Å²) in [6.45, 7) is 0. The summed E-state index contributed by atoms with van der Waals surface area (Å²) in [4.78, 5) is 4.64. The average Bonchev–Trinajstić information content (AvgIpc) is 2.62. The molecule has 0 saturated heterocycles. The van der Waals surface area contributed by atoms with Gasteiger partial charge in [0.05, 0.1) is 5.52 Å². The predicted octanol–water partition coefficient (Wildman–Crippen LogP) is 5.57. The Morgan fingerprint density at radius 2 is 1.14 bits per heavy atom. The number of nitrogens with zero attached hydrogens (tertiary/aromatic N) is 1. The van der Waals surface area contributed by atoms with Crippen LogP contribution < -0.4 is 0 Å². The number of fused-ring (bicyclic) bond motifs is 1. The van der Waals surface area contributed by atoms with E-state index in [4.69, 9.17) is 0 Å². The fourth-order valence-corrected chi connectivity index (χ4v) is 2.90. The molecule has 3 aromatic carbocycles. The van der Waals surface area contributed by atoms with Crippen molar-refractivity contribution in [2.24, 2.45) is 0 Å². The number of hydrogen-bond donors (Lipinski definition) is 0. The van der Waals surface area contributed by atoms with Gasteiger partial charge >= 0.3 is 0 Å². The van der Waals surface area contributed by atoms with Crippen LogP contribution in [0.1, 0.15) is 0 Å². The molecule has 0 unspecified atom stereocenters. The quantitative estimate of drug-likeness (QED) is 0.468. The molecule has 1 heterocycles. The standard InChI is InChI=1S/C21H15N/c1-3-8-16(9-4-1)18-14-15-22-21-19(12-7-13-20(18)21)17-10-5-2-6-11-17/h1-15H.